The van der Waals surface area contributed by atoms with E-state index < -0.39 is 0 Å². The van der Waals surface area contributed by atoms with Crippen molar-refractivity contribution in [2.75, 3.05) is 17.3 Å². The van der Waals surface area contributed by atoms with Crippen LogP contribution in [-0.2, 0) is 11.8 Å². The fourth-order valence-corrected chi connectivity index (χ4v) is 7.97. The maximum absolute atomic E-state index is 13.7. The first-order valence-electron chi connectivity index (χ1n) is 14.9. The zero-order valence-corrected chi connectivity index (χ0v) is 24.5. The summed E-state index contributed by atoms with van der Waals surface area (Å²) in [5.74, 6) is 2.09. The standard InChI is InChI=1S/C33H31N9O2/c1-40-18-24(16-37-40)22-9-28(31-23(13-34)15-38-41(31)19-22)21-3-5-29(35-14-21)42-26-7-20-8-27(42)12-33(10-20,11-26)32(43)39-25-4-6-30(44-2)36-17-25/h3-6,9,14-20,26-27H,7-8,10-12H2,1-2H3,(H,39,43). The van der Waals surface area contributed by atoms with E-state index in [0.29, 0.717) is 23.0 Å². The molecule has 11 nitrogen and oxygen atoms in total. The van der Waals surface area contributed by atoms with E-state index in [2.05, 4.69) is 49.7 Å². The summed E-state index contributed by atoms with van der Waals surface area (Å²) in [5.41, 5.74) is 5.32. The number of nitriles is 1. The van der Waals surface area contributed by atoms with Crippen LogP contribution in [0, 0.1) is 22.7 Å². The molecule has 0 aromatic carbocycles. The maximum atomic E-state index is 13.7. The number of hydrogen-bond donors (Lipinski definition) is 1. The molecule has 5 aromatic rings. The summed E-state index contributed by atoms with van der Waals surface area (Å²) in [6, 6.07) is 12.7. The zero-order valence-electron chi connectivity index (χ0n) is 24.5. The van der Waals surface area contributed by atoms with Gasteiger partial charge in [0.15, 0.2) is 0 Å². The van der Waals surface area contributed by atoms with Gasteiger partial charge >= 0.3 is 0 Å². The molecule has 2 saturated carbocycles. The number of carbonyl (C=O) groups is 1. The molecule has 9 rings (SSSR count). The molecule has 2 atom stereocenters. The predicted molar refractivity (Wildman–Crippen MR) is 164 cm³/mol. The van der Waals surface area contributed by atoms with Gasteiger partial charge in [0, 0.05) is 66.0 Å². The molecule has 4 fully saturated rings. The van der Waals surface area contributed by atoms with E-state index in [-0.39, 0.29) is 23.4 Å². The van der Waals surface area contributed by atoms with Gasteiger partial charge in [0.25, 0.3) is 0 Å². The number of nitrogens with zero attached hydrogens (tertiary/aromatic N) is 8. The van der Waals surface area contributed by atoms with Crippen LogP contribution < -0.4 is 15.0 Å². The fourth-order valence-electron chi connectivity index (χ4n) is 7.97. The third kappa shape index (κ3) is 4.20. The van der Waals surface area contributed by atoms with Gasteiger partial charge in [0.05, 0.1) is 47.9 Å². The van der Waals surface area contributed by atoms with Crippen LogP contribution in [0.25, 0.3) is 27.8 Å². The number of aromatic nitrogens is 6. The lowest BCUT2D eigenvalue weighted by Crippen LogP contribution is -2.64. The number of rotatable bonds is 6. The molecule has 11 heteroatoms. The molecule has 1 N–H and O–H groups in total. The maximum Gasteiger partial charge on any atom is 0.230 e. The molecule has 2 aliphatic heterocycles. The molecule has 220 valence electrons. The van der Waals surface area contributed by atoms with Crippen molar-refractivity contribution in [3.8, 4) is 34.2 Å². The molecule has 7 heterocycles. The van der Waals surface area contributed by atoms with E-state index in [0.717, 1.165) is 65.7 Å². The number of methoxy groups -OCH3 is 1. The van der Waals surface area contributed by atoms with Gasteiger partial charge in [-0.2, -0.15) is 15.5 Å². The van der Waals surface area contributed by atoms with Crippen LogP contribution in [0.1, 0.15) is 37.7 Å². The average molecular weight is 586 g/mol. The van der Waals surface area contributed by atoms with Crippen molar-refractivity contribution < 1.29 is 9.53 Å². The van der Waals surface area contributed by atoms with Gasteiger partial charge in [-0.05, 0) is 62.3 Å². The Bertz CT molecular complexity index is 1920. The van der Waals surface area contributed by atoms with Gasteiger partial charge in [0.1, 0.15) is 11.9 Å². The number of nitrogens with one attached hydrogen (secondary N) is 1. The Balaban J connectivity index is 1.08. The minimum atomic E-state index is -0.374. The van der Waals surface area contributed by atoms with Crippen LogP contribution in [0.4, 0.5) is 11.5 Å². The van der Waals surface area contributed by atoms with Crippen molar-refractivity contribution in [2.45, 2.75) is 44.2 Å². The summed E-state index contributed by atoms with van der Waals surface area (Å²) >= 11 is 0. The zero-order chi connectivity index (χ0) is 30.0. The van der Waals surface area contributed by atoms with Gasteiger partial charge in [-0.25, -0.2) is 14.5 Å². The summed E-state index contributed by atoms with van der Waals surface area (Å²) in [4.78, 5) is 25.4. The van der Waals surface area contributed by atoms with Gasteiger partial charge in [0.2, 0.25) is 11.8 Å². The first-order valence-corrected chi connectivity index (χ1v) is 14.9. The Labute approximate surface area is 254 Å². The average Bonchev–Trinajstić information content (AvgIpc) is 3.67. The first-order chi connectivity index (χ1) is 21.4. The van der Waals surface area contributed by atoms with Crippen LogP contribution >= 0.6 is 0 Å². The number of pyridine rings is 3. The van der Waals surface area contributed by atoms with Crippen LogP contribution in [0.5, 0.6) is 5.88 Å². The molecule has 2 saturated heterocycles. The second kappa shape index (κ2) is 9.91. The highest BCUT2D eigenvalue weighted by Gasteiger charge is 2.58. The van der Waals surface area contributed by atoms with Crippen LogP contribution in [0.2, 0.25) is 0 Å². The SMILES string of the molecule is COc1ccc(NC(=O)C23CC4CC(C2)N(c2ccc(-c5cc(-c6cnn(C)c6)cn6ncc(C#N)c56)cn2)C(C4)C3)cn1. The highest BCUT2D eigenvalue weighted by atomic mass is 16.5. The predicted octanol–water partition coefficient (Wildman–Crippen LogP) is 4.85. The Morgan fingerprint density at radius 1 is 0.977 bits per heavy atom. The molecular formula is C33H31N9O2. The van der Waals surface area contributed by atoms with Crippen molar-refractivity contribution in [1.29, 1.82) is 5.26 Å². The Kier molecular flexibility index (Phi) is 5.94. The molecule has 4 bridgehead atoms. The van der Waals surface area contributed by atoms with E-state index in [1.807, 2.05) is 37.9 Å². The third-order valence-electron chi connectivity index (χ3n) is 9.71. The number of aryl methyl sites for hydroxylation is 1. The van der Waals surface area contributed by atoms with E-state index in [9.17, 15) is 10.1 Å². The van der Waals surface area contributed by atoms with Crippen molar-refractivity contribution in [2.24, 2.45) is 18.4 Å². The molecule has 0 spiro atoms. The Morgan fingerprint density at radius 2 is 1.82 bits per heavy atom. The largest absolute Gasteiger partial charge is 0.481 e. The summed E-state index contributed by atoms with van der Waals surface area (Å²) in [6.07, 6.45) is 15.6. The van der Waals surface area contributed by atoms with Gasteiger partial charge in [-0.1, -0.05) is 0 Å². The van der Waals surface area contributed by atoms with Crippen molar-refractivity contribution >= 4 is 22.9 Å². The normalized spacial score (nSPS) is 23.6. The summed E-state index contributed by atoms with van der Waals surface area (Å²) < 4.78 is 8.68. The summed E-state index contributed by atoms with van der Waals surface area (Å²) in [7, 11) is 3.47. The van der Waals surface area contributed by atoms with Crippen molar-refractivity contribution in [3.05, 3.63) is 73.1 Å². The lowest BCUT2D eigenvalue weighted by Gasteiger charge is -2.61. The molecule has 0 radical (unpaired) electrons. The molecule has 1 amide bonds. The highest BCUT2D eigenvalue weighted by molar-refractivity contribution is 5.96. The van der Waals surface area contributed by atoms with E-state index in [1.54, 1.807) is 34.8 Å². The molecule has 44 heavy (non-hydrogen) atoms. The summed E-state index contributed by atoms with van der Waals surface area (Å²) in [5, 5.41) is 21.7. The number of anilines is 2. The lowest BCUT2D eigenvalue weighted by atomic mass is 9.55. The molecule has 2 unspecified atom stereocenters. The smallest absolute Gasteiger partial charge is 0.230 e. The molecule has 4 aliphatic rings. The number of carbonyl (C=O) groups excluding carboxylic acids is 1. The topological polar surface area (TPSA) is 126 Å². The summed E-state index contributed by atoms with van der Waals surface area (Å²) in [6.45, 7) is 0. The highest BCUT2D eigenvalue weighted by Crippen LogP contribution is 2.57. The van der Waals surface area contributed by atoms with Crippen molar-refractivity contribution in [1.82, 2.24) is 29.4 Å². The monoisotopic (exact) mass is 585 g/mol. The molecule has 5 aromatic heterocycles. The lowest BCUT2D eigenvalue weighted by molar-refractivity contribution is -0.134. The van der Waals surface area contributed by atoms with Gasteiger partial charge in [-0.15, -0.1) is 0 Å². The quantitative estimate of drug-likeness (QED) is 0.300. The minimum absolute atomic E-state index is 0.0958. The number of amides is 1. The van der Waals surface area contributed by atoms with E-state index >= 15 is 0 Å². The number of fused-ring (bicyclic) bond motifs is 1. The van der Waals surface area contributed by atoms with Crippen LogP contribution in [0.15, 0.2) is 67.5 Å². The second-order valence-electron chi connectivity index (χ2n) is 12.4. The number of hydrogen-bond acceptors (Lipinski definition) is 8. The third-order valence-corrected chi connectivity index (χ3v) is 9.71. The fraction of sp³-hybridized carbons (Fsp3) is 0.333. The Hall–Kier alpha value is -5.24. The number of ether oxygens (including phenoxy) is 1. The second-order valence-corrected chi connectivity index (χ2v) is 12.4. The number of piperidine rings is 2. The Morgan fingerprint density at radius 3 is 2.48 bits per heavy atom. The van der Waals surface area contributed by atoms with Crippen molar-refractivity contribution in [3.63, 3.8) is 0 Å². The molecular weight excluding hydrogens is 554 g/mol. The van der Waals surface area contributed by atoms with E-state index in [4.69, 9.17) is 9.72 Å². The van der Waals surface area contributed by atoms with Gasteiger partial charge in [-0.3, -0.25) is 9.48 Å². The van der Waals surface area contributed by atoms with Gasteiger partial charge < -0.3 is 15.0 Å². The van der Waals surface area contributed by atoms with E-state index in [1.165, 1.54) is 0 Å². The van der Waals surface area contributed by atoms with Crippen LogP contribution in [0.3, 0.4) is 0 Å². The molecule has 2 aliphatic carbocycles. The van der Waals surface area contributed by atoms with Crippen LogP contribution in [-0.4, -0.2) is 54.5 Å². The first kappa shape index (κ1) is 26.4. The minimum Gasteiger partial charge on any atom is -0.481 e.